The largest absolute Gasteiger partial charge is 0.353 e. The van der Waals surface area contributed by atoms with Crippen LogP contribution in [0.5, 0.6) is 0 Å². The average Bonchev–Trinajstić information content (AvgIpc) is 2.37. The van der Waals surface area contributed by atoms with Crippen molar-refractivity contribution in [2.75, 3.05) is 37.8 Å². The molecule has 0 saturated carbocycles. The summed E-state index contributed by atoms with van der Waals surface area (Å²) in [6, 6.07) is 6.01. The molecule has 6 nitrogen and oxygen atoms in total. The smallest absolute Gasteiger partial charge is 0.233 e. The first-order valence-electron chi connectivity index (χ1n) is 6.36. The topological polar surface area (TPSA) is 66.0 Å². The molecule has 0 spiro atoms. The van der Waals surface area contributed by atoms with Crippen LogP contribution >= 0.6 is 11.6 Å². The van der Waals surface area contributed by atoms with Crippen LogP contribution in [-0.2, 0) is 0 Å². The predicted octanol–water partition coefficient (Wildman–Crippen LogP) is 2.38. The molecule has 0 aliphatic carbocycles. The lowest BCUT2D eigenvalue weighted by molar-refractivity contribution is 0.425. The van der Waals surface area contributed by atoms with Crippen LogP contribution in [-0.4, -0.2) is 47.0 Å². The van der Waals surface area contributed by atoms with E-state index in [1.807, 2.05) is 19.0 Å². The quantitative estimate of drug-likeness (QED) is 0.854. The van der Waals surface area contributed by atoms with Gasteiger partial charge in [0.05, 0.1) is 0 Å². The van der Waals surface area contributed by atoms with E-state index in [1.165, 1.54) is 12.1 Å². The third kappa shape index (κ3) is 5.13. The van der Waals surface area contributed by atoms with Crippen molar-refractivity contribution < 1.29 is 4.39 Å². The first-order chi connectivity index (χ1) is 10.0. The Morgan fingerprint density at radius 1 is 1.19 bits per heavy atom. The van der Waals surface area contributed by atoms with Crippen molar-refractivity contribution in [3.8, 4) is 0 Å². The van der Waals surface area contributed by atoms with Gasteiger partial charge in [-0.1, -0.05) is 6.07 Å². The third-order valence-electron chi connectivity index (χ3n) is 2.53. The van der Waals surface area contributed by atoms with E-state index in [0.29, 0.717) is 18.2 Å². The van der Waals surface area contributed by atoms with E-state index in [0.717, 1.165) is 6.54 Å². The Balaban J connectivity index is 2.07. The summed E-state index contributed by atoms with van der Waals surface area (Å²) in [5, 5.41) is 6.01. The van der Waals surface area contributed by atoms with Crippen molar-refractivity contribution >= 4 is 29.2 Å². The normalized spacial score (nSPS) is 10.7. The van der Waals surface area contributed by atoms with Gasteiger partial charge in [-0.15, -0.1) is 0 Å². The van der Waals surface area contributed by atoms with Crippen molar-refractivity contribution in [2.45, 2.75) is 0 Å². The van der Waals surface area contributed by atoms with E-state index in [9.17, 15) is 4.39 Å². The van der Waals surface area contributed by atoms with Gasteiger partial charge in [0.25, 0.3) is 0 Å². The van der Waals surface area contributed by atoms with Crippen molar-refractivity contribution in [1.29, 1.82) is 0 Å². The number of hydrogen-bond donors (Lipinski definition) is 2. The van der Waals surface area contributed by atoms with Gasteiger partial charge in [-0.2, -0.15) is 15.0 Å². The summed E-state index contributed by atoms with van der Waals surface area (Å²) in [7, 11) is 3.94. The molecule has 0 atom stereocenters. The SMILES string of the molecule is CN(C)CCNc1nc(Cl)nc(Nc2cccc(F)c2)n1. The maximum atomic E-state index is 13.1. The molecule has 8 heteroatoms. The van der Waals surface area contributed by atoms with Crippen molar-refractivity contribution in [3.63, 3.8) is 0 Å². The molecule has 0 saturated heterocycles. The Hall–Kier alpha value is -1.99. The first-order valence-corrected chi connectivity index (χ1v) is 6.73. The van der Waals surface area contributed by atoms with Gasteiger partial charge in [0.2, 0.25) is 17.2 Å². The molecular formula is C13H16ClFN6. The Morgan fingerprint density at radius 3 is 2.67 bits per heavy atom. The third-order valence-corrected chi connectivity index (χ3v) is 2.70. The average molecular weight is 311 g/mol. The highest BCUT2D eigenvalue weighted by Gasteiger charge is 2.06. The highest BCUT2D eigenvalue weighted by molar-refractivity contribution is 6.28. The summed E-state index contributed by atoms with van der Waals surface area (Å²) in [4.78, 5) is 14.2. The maximum absolute atomic E-state index is 13.1. The van der Waals surface area contributed by atoms with Gasteiger partial charge < -0.3 is 15.5 Å². The lowest BCUT2D eigenvalue weighted by Gasteiger charge is -2.11. The van der Waals surface area contributed by atoms with Crippen LogP contribution in [0.1, 0.15) is 0 Å². The minimum Gasteiger partial charge on any atom is -0.353 e. The number of anilines is 3. The van der Waals surface area contributed by atoms with Crippen molar-refractivity contribution in [1.82, 2.24) is 19.9 Å². The number of hydrogen-bond acceptors (Lipinski definition) is 6. The van der Waals surface area contributed by atoms with E-state index in [4.69, 9.17) is 11.6 Å². The lowest BCUT2D eigenvalue weighted by atomic mass is 10.3. The molecule has 0 amide bonds. The van der Waals surface area contributed by atoms with Gasteiger partial charge in [-0.05, 0) is 43.9 Å². The molecule has 1 heterocycles. The summed E-state index contributed by atoms with van der Waals surface area (Å²) in [6.45, 7) is 1.50. The van der Waals surface area contributed by atoms with Crippen LogP contribution < -0.4 is 10.6 Å². The molecule has 21 heavy (non-hydrogen) atoms. The number of nitrogens with zero attached hydrogens (tertiary/aromatic N) is 4. The van der Waals surface area contributed by atoms with Crippen LogP contribution in [0.15, 0.2) is 24.3 Å². The molecule has 0 fully saturated rings. The minimum atomic E-state index is -0.343. The zero-order valence-electron chi connectivity index (χ0n) is 11.8. The van der Waals surface area contributed by atoms with E-state index >= 15 is 0 Å². The lowest BCUT2D eigenvalue weighted by Crippen LogP contribution is -2.21. The van der Waals surface area contributed by atoms with Gasteiger partial charge in [0.1, 0.15) is 5.82 Å². The molecule has 112 valence electrons. The van der Waals surface area contributed by atoms with E-state index in [2.05, 4.69) is 25.6 Å². The zero-order valence-corrected chi connectivity index (χ0v) is 12.5. The Labute approximate surface area is 127 Å². The minimum absolute atomic E-state index is 0.0660. The molecule has 0 aliphatic heterocycles. The Bertz CT molecular complexity index is 607. The van der Waals surface area contributed by atoms with Gasteiger partial charge in [0.15, 0.2) is 0 Å². The fourth-order valence-electron chi connectivity index (χ4n) is 1.57. The monoisotopic (exact) mass is 310 g/mol. The number of rotatable bonds is 6. The van der Waals surface area contributed by atoms with Crippen LogP contribution in [0.25, 0.3) is 0 Å². The van der Waals surface area contributed by atoms with Crippen LogP contribution in [0.2, 0.25) is 5.28 Å². The summed E-state index contributed by atoms with van der Waals surface area (Å²) in [6.07, 6.45) is 0. The summed E-state index contributed by atoms with van der Waals surface area (Å²) >= 11 is 5.86. The van der Waals surface area contributed by atoms with Crippen molar-refractivity contribution in [2.24, 2.45) is 0 Å². The number of nitrogens with one attached hydrogen (secondary N) is 2. The summed E-state index contributed by atoms with van der Waals surface area (Å²) < 4.78 is 13.1. The molecule has 1 aromatic carbocycles. The second kappa shape index (κ2) is 7.14. The molecule has 0 radical (unpaired) electrons. The maximum Gasteiger partial charge on any atom is 0.233 e. The molecule has 0 unspecified atom stereocenters. The number of likely N-dealkylation sites (N-methyl/N-ethyl adjacent to an activating group) is 1. The van der Waals surface area contributed by atoms with Gasteiger partial charge >= 0.3 is 0 Å². The molecule has 0 bridgehead atoms. The fourth-order valence-corrected chi connectivity index (χ4v) is 1.73. The van der Waals surface area contributed by atoms with Crippen molar-refractivity contribution in [3.05, 3.63) is 35.4 Å². The molecule has 1 aromatic heterocycles. The number of halogens is 2. The van der Waals surface area contributed by atoms with E-state index in [-0.39, 0.29) is 17.0 Å². The van der Waals surface area contributed by atoms with Gasteiger partial charge in [-0.3, -0.25) is 0 Å². The van der Waals surface area contributed by atoms with Gasteiger partial charge in [-0.25, -0.2) is 4.39 Å². The molecule has 0 aliphatic rings. The van der Waals surface area contributed by atoms with E-state index < -0.39 is 0 Å². The second-order valence-electron chi connectivity index (χ2n) is 4.62. The van der Waals surface area contributed by atoms with E-state index in [1.54, 1.807) is 12.1 Å². The highest BCUT2D eigenvalue weighted by Crippen LogP contribution is 2.16. The van der Waals surface area contributed by atoms with Gasteiger partial charge in [0, 0.05) is 18.8 Å². The predicted molar refractivity (Wildman–Crippen MR) is 81.6 cm³/mol. The number of benzene rings is 1. The van der Waals surface area contributed by atoms with Crippen LogP contribution in [0, 0.1) is 5.82 Å². The number of aromatic nitrogens is 3. The molecule has 2 rings (SSSR count). The first kappa shape index (κ1) is 15.4. The zero-order chi connectivity index (χ0) is 15.2. The Morgan fingerprint density at radius 2 is 1.95 bits per heavy atom. The standard InChI is InChI=1S/C13H16ClFN6/c1-21(2)7-6-16-12-18-11(14)19-13(20-12)17-10-5-3-4-9(15)8-10/h3-5,8H,6-7H2,1-2H3,(H2,16,17,18,19,20). The van der Waals surface area contributed by atoms with Crippen LogP contribution in [0.4, 0.5) is 22.0 Å². The summed E-state index contributed by atoms with van der Waals surface area (Å²) in [5.41, 5.74) is 0.538. The summed E-state index contributed by atoms with van der Waals surface area (Å²) in [5.74, 6) is 0.285. The highest BCUT2D eigenvalue weighted by atomic mass is 35.5. The molecular weight excluding hydrogens is 295 g/mol. The molecule has 2 aromatic rings. The molecule has 2 N–H and O–H groups in total. The van der Waals surface area contributed by atoms with Crippen LogP contribution in [0.3, 0.4) is 0 Å². The Kier molecular flexibility index (Phi) is 5.24. The second-order valence-corrected chi connectivity index (χ2v) is 4.96. The fraction of sp³-hybridized carbons (Fsp3) is 0.308.